The first kappa shape index (κ1) is 22.3. The van der Waals surface area contributed by atoms with Crippen LogP contribution in [0.5, 0.6) is 5.75 Å². The van der Waals surface area contributed by atoms with Crippen molar-refractivity contribution in [1.82, 2.24) is 14.9 Å². The molecule has 9 nitrogen and oxygen atoms in total. The van der Waals surface area contributed by atoms with Crippen LogP contribution in [-0.4, -0.2) is 65.6 Å². The highest BCUT2D eigenvalue weighted by atomic mass is 16.6. The van der Waals surface area contributed by atoms with Gasteiger partial charge in [-0.05, 0) is 57.0 Å². The maximum atomic E-state index is 12.4. The van der Waals surface area contributed by atoms with Gasteiger partial charge in [-0.15, -0.1) is 0 Å². The highest BCUT2D eigenvalue weighted by Gasteiger charge is 2.26. The zero-order chi connectivity index (χ0) is 22.6. The molecule has 32 heavy (non-hydrogen) atoms. The van der Waals surface area contributed by atoms with Crippen LogP contribution in [0.25, 0.3) is 0 Å². The molecule has 0 unspecified atom stereocenters. The lowest BCUT2D eigenvalue weighted by molar-refractivity contribution is -0.101. The second kappa shape index (κ2) is 9.70. The predicted octanol–water partition coefficient (Wildman–Crippen LogP) is 3.31. The lowest BCUT2D eigenvalue weighted by Gasteiger charge is -2.30. The first-order valence-electron chi connectivity index (χ1n) is 10.9. The van der Waals surface area contributed by atoms with Gasteiger partial charge >= 0.3 is 6.09 Å². The topological polar surface area (TPSA) is 95.0 Å². The van der Waals surface area contributed by atoms with Gasteiger partial charge in [-0.2, -0.15) is 0 Å². The minimum atomic E-state index is -0.525. The summed E-state index contributed by atoms with van der Waals surface area (Å²) in [5, 5.41) is 3.21. The Balaban J connectivity index is 1.34. The van der Waals surface area contributed by atoms with Gasteiger partial charge in [-0.1, -0.05) is 0 Å². The number of aromatic nitrogens is 2. The number of hydrogen-bond donors (Lipinski definition) is 1. The van der Waals surface area contributed by atoms with Crippen LogP contribution < -0.4 is 10.1 Å². The Kier molecular flexibility index (Phi) is 6.76. The van der Waals surface area contributed by atoms with E-state index in [1.54, 1.807) is 4.90 Å². The van der Waals surface area contributed by atoms with Gasteiger partial charge in [-0.3, -0.25) is 0 Å². The third-order valence-corrected chi connectivity index (χ3v) is 5.03. The Morgan fingerprint density at radius 1 is 1.25 bits per heavy atom. The largest absolute Gasteiger partial charge is 0.491 e. The van der Waals surface area contributed by atoms with E-state index in [9.17, 15) is 4.79 Å². The van der Waals surface area contributed by atoms with Gasteiger partial charge in [0.25, 0.3) is 0 Å². The van der Waals surface area contributed by atoms with Crippen molar-refractivity contribution in [2.45, 2.75) is 45.4 Å². The standard InChI is InChI=1S/C23H30N4O5/c1-23(2,3)32-22(28)27-9-8-16-12-24-21(26-20(16)13-27)25-17-4-6-18(7-5-17)31-15-19-14-29-10-11-30-19/h4-7,12,19H,8-11,13-15H2,1-3H3,(H,24,25,26)/t19-/m0/s1. The van der Waals surface area contributed by atoms with E-state index in [2.05, 4.69) is 15.3 Å². The van der Waals surface area contributed by atoms with Crippen molar-refractivity contribution in [2.75, 3.05) is 38.3 Å². The third kappa shape index (κ3) is 6.08. The molecule has 4 rings (SSSR count). The van der Waals surface area contributed by atoms with Crippen LogP contribution in [0.3, 0.4) is 0 Å². The average Bonchev–Trinajstić information content (AvgIpc) is 2.78. The molecular weight excluding hydrogens is 412 g/mol. The fourth-order valence-corrected chi connectivity index (χ4v) is 3.43. The molecule has 0 bridgehead atoms. The zero-order valence-corrected chi connectivity index (χ0v) is 18.8. The van der Waals surface area contributed by atoms with E-state index in [0.29, 0.717) is 51.9 Å². The Morgan fingerprint density at radius 3 is 2.78 bits per heavy atom. The summed E-state index contributed by atoms with van der Waals surface area (Å²) in [5.74, 6) is 1.24. The van der Waals surface area contributed by atoms with Crippen molar-refractivity contribution < 1.29 is 23.7 Å². The van der Waals surface area contributed by atoms with Gasteiger partial charge in [0.15, 0.2) is 0 Å². The van der Waals surface area contributed by atoms with Crippen molar-refractivity contribution in [1.29, 1.82) is 0 Å². The summed E-state index contributed by atoms with van der Waals surface area (Å²) < 4.78 is 22.2. The van der Waals surface area contributed by atoms with Gasteiger partial charge in [0.05, 0.1) is 32.1 Å². The van der Waals surface area contributed by atoms with Crippen LogP contribution in [-0.2, 0) is 27.2 Å². The monoisotopic (exact) mass is 442 g/mol. The summed E-state index contributed by atoms with van der Waals surface area (Å²) in [4.78, 5) is 23.1. The molecular formula is C23H30N4O5. The van der Waals surface area contributed by atoms with E-state index in [4.69, 9.17) is 18.9 Å². The Bertz CT molecular complexity index is 923. The second-order valence-electron chi connectivity index (χ2n) is 8.85. The summed E-state index contributed by atoms with van der Waals surface area (Å²) >= 11 is 0. The number of carbonyl (C=O) groups is 1. The molecule has 0 radical (unpaired) electrons. The SMILES string of the molecule is CC(C)(C)OC(=O)N1CCc2cnc(Nc3ccc(OC[C@@H]4COCCO4)cc3)nc2C1. The fraction of sp³-hybridized carbons (Fsp3) is 0.522. The van der Waals surface area contributed by atoms with Gasteiger partial charge in [0.2, 0.25) is 5.95 Å². The highest BCUT2D eigenvalue weighted by molar-refractivity contribution is 5.68. The molecule has 3 heterocycles. The third-order valence-electron chi connectivity index (χ3n) is 5.03. The second-order valence-corrected chi connectivity index (χ2v) is 8.85. The highest BCUT2D eigenvalue weighted by Crippen LogP contribution is 2.23. The molecule has 1 aromatic heterocycles. The minimum absolute atomic E-state index is 0.0364. The molecule has 1 fully saturated rings. The van der Waals surface area contributed by atoms with Crippen molar-refractivity contribution in [3.05, 3.63) is 41.7 Å². The summed E-state index contributed by atoms with van der Waals surface area (Å²) in [6.07, 6.45) is 2.17. The maximum Gasteiger partial charge on any atom is 0.410 e. The Morgan fingerprint density at radius 2 is 2.06 bits per heavy atom. The first-order chi connectivity index (χ1) is 15.4. The Labute approximate surface area is 188 Å². The fourth-order valence-electron chi connectivity index (χ4n) is 3.43. The Hall–Kier alpha value is -2.91. The quantitative estimate of drug-likeness (QED) is 0.754. The maximum absolute atomic E-state index is 12.4. The zero-order valence-electron chi connectivity index (χ0n) is 18.8. The molecule has 1 aromatic carbocycles. The van der Waals surface area contributed by atoms with Crippen molar-refractivity contribution >= 4 is 17.7 Å². The van der Waals surface area contributed by atoms with E-state index in [1.165, 1.54) is 0 Å². The number of benzene rings is 1. The number of carbonyl (C=O) groups excluding carboxylic acids is 1. The van der Waals surface area contributed by atoms with Crippen molar-refractivity contribution in [2.24, 2.45) is 0 Å². The smallest absolute Gasteiger partial charge is 0.410 e. The lowest BCUT2D eigenvalue weighted by Crippen LogP contribution is -2.40. The van der Waals surface area contributed by atoms with Crippen LogP contribution in [0.15, 0.2) is 30.5 Å². The van der Waals surface area contributed by atoms with Gasteiger partial charge in [0.1, 0.15) is 24.1 Å². The molecule has 172 valence electrons. The predicted molar refractivity (Wildman–Crippen MR) is 118 cm³/mol. The average molecular weight is 443 g/mol. The molecule has 9 heteroatoms. The number of amides is 1. The van der Waals surface area contributed by atoms with E-state index in [1.807, 2.05) is 51.2 Å². The van der Waals surface area contributed by atoms with Crippen molar-refractivity contribution in [3.8, 4) is 5.75 Å². The number of ether oxygens (including phenoxy) is 4. The molecule has 2 aliphatic rings. The summed E-state index contributed by atoms with van der Waals surface area (Å²) in [5.41, 5.74) is 2.19. The minimum Gasteiger partial charge on any atom is -0.491 e. The number of hydrogen-bond acceptors (Lipinski definition) is 8. The van der Waals surface area contributed by atoms with Crippen molar-refractivity contribution in [3.63, 3.8) is 0 Å². The molecule has 0 spiro atoms. The summed E-state index contributed by atoms with van der Waals surface area (Å²) in [6.45, 7) is 8.84. The van der Waals surface area contributed by atoms with Crippen LogP contribution in [0.1, 0.15) is 32.0 Å². The van der Waals surface area contributed by atoms with E-state index >= 15 is 0 Å². The molecule has 1 saturated heterocycles. The van der Waals surface area contributed by atoms with Crippen LogP contribution in [0.2, 0.25) is 0 Å². The molecule has 1 N–H and O–H groups in total. The van der Waals surface area contributed by atoms with Crippen LogP contribution in [0, 0.1) is 0 Å². The van der Waals surface area contributed by atoms with E-state index in [-0.39, 0.29) is 12.2 Å². The summed E-state index contributed by atoms with van der Waals surface area (Å²) in [7, 11) is 0. The van der Waals surface area contributed by atoms with E-state index in [0.717, 1.165) is 22.7 Å². The number of nitrogens with one attached hydrogen (secondary N) is 1. The molecule has 1 amide bonds. The molecule has 2 aromatic rings. The van der Waals surface area contributed by atoms with E-state index < -0.39 is 5.60 Å². The van der Waals surface area contributed by atoms with Gasteiger partial charge in [0, 0.05) is 18.4 Å². The number of anilines is 2. The van der Waals surface area contributed by atoms with Gasteiger partial charge in [-0.25, -0.2) is 14.8 Å². The number of rotatable bonds is 5. The first-order valence-corrected chi connectivity index (χ1v) is 10.9. The van der Waals surface area contributed by atoms with Crippen LogP contribution in [0.4, 0.5) is 16.4 Å². The molecule has 0 saturated carbocycles. The van der Waals surface area contributed by atoms with Gasteiger partial charge < -0.3 is 29.2 Å². The van der Waals surface area contributed by atoms with Crippen LogP contribution >= 0.6 is 0 Å². The normalized spacial score (nSPS) is 18.6. The molecule has 2 aliphatic heterocycles. The summed E-state index contributed by atoms with van der Waals surface area (Å²) in [6, 6.07) is 7.58. The molecule has 0 aliphatic carbocycles. The lowest BCUT2D eigenvalue weighted by atomic mass is 10.1. The number of nitrogens with zero attached hydrogens (tertiary/aromatic N) is 3. The number of fused-ring (bicyclic) bond motifs is 1. The molecule has 1 atom stereocenters.